The number of nitrogens with one attached hydrogen (secondary N) is 1. The summed E-state index contributed by atoms with van der Waals surface area (Å²) in [6.45, 7) is 3.51. The fraction of sp³-hybridized carbons (Fsp3) is 0.357. The Labute approximate surface area is 121 Å². The van der Waals surface area contributed by atoms with Gasteiger partial charge in [0.15, 0.2) is 5.78 Å². The van der Waals surface area contributed by atoms with Crippen LogP contribution in [0.5, 0.6) is 0 Å². The van der Waals surface area contributed by atoms with Crippen LogP contribution in [0.2, 0.25) is 0 Å². The highest BCUT2D eigenvalue weighted by Gasteiger charge is 2.19. The minimum Gasteiger partial charge on any atom is -0.480 e. The van der Waals surface area contributed by atoms with Crippen molar-refractivity contribution in [3.05, 3.63) is 35.0 Å². The summed E-state index contributed by atoms with van der Waals surface area (Å²) in [6.07, 6.45) is 2.48. The van der Waals surface area contributed by atoms with Crippen molar-refractivity contribution in [3.8, 4) is 0 Å². The van der Waals surface area contributed by atoms with Gasteiger partial charge in [-0.25, -0.2) is 4.79 Å². The van der Waals surface area contributed by atoms with Gasteiger partial charge < -0.3 is 10.4 Å². The summed E-state index contributed by atoms with van der Waals surface area (Å²) in [6, 6.07) is 2.54. The van der Waals surface area contributed by atoms with Gasteiger partial charge >= 0.3 is 5.97 Å². The van der Waals surface area contributed by atoms with Gasteiger partial charge in [-0.05, 0) is 24.3 Å². The predicted molar refractivity (Wildman–Crippen MR) is 76.9 cm³/mol. The Bertz CT molecular complexity index is 481. The lowest BCUT2D eigenvalue weighted by molar-refractivity contribution is -0.142. The van der Waals surface area contributed by atoms with E-state index in [4.69, 9.17) is 5.11 Å². The molecule has 1 atom stereocenters. The standard InChI is InChI=1S/C14H17NO4S/c1-2-3-5-10(14(18)19)15-13(17)8-7-11(16)12-6-4-9-20-12/h2,4,6,9-10H,1,3,5,7-8H2,(H,15,17)(H,18,19). The van der Waals surface area contributed by atoms with Crippen LogP contribution < -0.4 is 5.32 Å². The van der Waals surface area contributed by atoms with Crippen LogP contribution in [0.15, 0.2) is 30.2 Å². The third-order valence-electron chi connectivity index (χ3n) is 2.67. The number of carboxylic acids is 1. The number of ketones is 1. The zero-order chi connectivity index (χ0) is 15.0. The zero-order valence-corrected chi connectivity index (χ0v) is 11.8. The number of Topliss-reactive ketones (excluding diaryl/α,β-unsaturated/α-hetero) is 1. The first-order valence-corrected chi connectivity index (χ1v) is 7.12. The van der Waals surface area contributed by atoms with Crippen molar-refractivity contribution in [2.24, 2.45) is 0 Å². The number of carboxylic acid groups (broad SMARTS) is 1. The highest BCUT2D eigenvalue weighted by Crippen LogP contribution is 2.12. The smallest absolute Gasteiger partial charge is 0.326 e. The van der Waals surface area contributed by atoms with E-state index in [1.54, 1.807) is 23.6 Å². The van der Waals surface area contributed by atoms with Crippen LogP contribution in [-0.2, 0) is 9.59 Å². The van der Waals surface area contributed by atoms with E-state index in [-0.39, 0.29) is 18.6 Å². The minimum absolute atomic E-state index is 0.00535. The van der Waals surface area contributed by atoms with Crippen molar-refractivity contribution >= 4 is 29.0 Å². The average Bonchev–Trinajstić information content (AvgIpc) is 2.94. The molecule has 0 saturated heterocycles. The molecule has 1 aromatic rings. The van der Waals surface area contributed by atoms with Crippen molar-refractivity contribution in [1.82, 2.24) is 5.32 Å². The number of thiophene rings is 1. The Morgan fingerprint density at radius 2 is 2.15 bits per heavy atom. The fourth-order valence-electron chi connectivity index (χ4n) is 1.60. The number of hydrogen-bond donors (Lipinski definition) is 2. The highest BCUT2D eigenvalue weighted by atomic mass is 32.1. The van der Waals surface area contributed by atoms with Crippen LogP contribution in [-0.4, -0.2) is 28.8 Å². The molecule has 0 radical (unpaired) electrons. The molecule has 6 heteroatoms. The molecule has 1 amide bonds. The van der Waals surface area contributed by atoms with Crippen LogP contribution in [0.1, 0.15) is 35.4 Å². The van der Waals surface area contributed by atoms with Crippen molar-refractivity contribution in [2.75, 3.05) is 0 Å². The molecule has 1 unspecified atom stereocenters. The lowest BCUT2D eigenvalue weighted by atomic mass is 10.1. The Morgan fingerprint density at radius 1 is 1.40 bits per heavy atom. The van der Waals surface area contributed by atoms with Gasteiger partial charge in [0.05, 0.1) is 4.88 Å². The molecule has 1 aromatic heterocycles. The van der Waals surface area contributed by atoms with Gasteiger partial charge in [0.1, 0.15) is 6.04 Å². The van der Waals surface area contributed by atoms with Gasteiger partial charge in [-0.1, -0.05) is 12.1 Å². The lowest BCUT2D eigenvalue weighted by Crippen LogP contribution is -2.40. The summed E-state index contributed by atoms with van der Waals surface area (Å²) in [7, 11) is 0. The van der Waals surface area contributed by atoms with Crippen LogP contribution in [0.4, 0.5) is 0 Å². The summed E-state index contributed by atoms with van der Waals surface area (Å²) in [5.41, 5.74) is 0. The molecule has 0 spiro atoms. The lowest BCUT2D eigenvalue weighted by Gasteiger charge is -2.13. The molecule has 0 aromatic carbocycles. The van der Waals surface area contributed by atoms with Crippen molar-refractivity contribution in [1.29, 1.82) is 0 Å². The average molecular weight is 295 g/mol. The SMILES string of the molecule is C=CCCC(NC(=O)CCC(=O)c1cccs1)C(=O)O. The van der Waals surface area contributed by atoms with Gasteiger partial charge in [0, 0.05) is 12.8 Å². The van der Waals surface area contributed by atoms with E-state index in [0.29, 0.717) is 17.7 Å². The molecule has 0 bridgehead atoms. The van der Waals surface area contributed by atoms with Gasteiger partial charge in [0.25, 0.3) is 0 Å². The molecule has 0 aliphatic heterocycles. The molecule has 0 aliphatic carbocycles. The van der Waals surface area contributed by atoms with Gasteiger partial charge in [-0.3, -0.25) is 9.59 Å². The summed E-state index contributed by atoms with van der Waals surface area (Å²) in [5.74, 6) is -1.61. The first kappa shape index (κ1) is 16.1. The summed E-state index contributed by atoms with van der Waals surface area (Å²) in [4.78, 5) is 34.9. The molecular weight excluding hydrogens is 278 g/mol. The molecular formula is C14H17NO4S. The Balaban J connectivity index is 2.39. The van der Waals surface area contributed by atoms with E-state index in [0.717, 1.165) is 0 Å². The molecule has 2 N–H and O–H groups in total. The first-order valence-electron chi connectivity index (χ1n) is 6.24. The number of rotatable bonds is 9. The molecule has 20 heavy (non-hydrogen) atoms. The maximum absolute atomic E-state index is 11.7. The van der Waals surface area contributed by atoms with E-state index >= 15 is 0 Å². The highest BCUT2D eigenvalue weighted by molar-refractivity contribution is 7.12. The van der Waals surface area contributed by atoms with E-state index in [9.17, 15) is 14.4 Å². The third-order valence-corrected chi connectivity index (χ3v) is 3.58. The van der Waals surface area contributed by atoms with Crippen LogP contribution in [0, 0.1) is 0 Å². The number of hydrogen-bond acceptors (Lipinski definition) is 4. The third kappa shape index (κ3) is 5.36. The monoisotopic (exact) mass is 295 g/mol. The summed E-state index contributed by atoms with van der Waals surface area (Å²) < 4.78 is 0. The second-order valence-corrected chi connectivity index (χ2v) is 5.17. The Hall–Kier alpha value is -1.95. The van der Waals surface area contributed by atoms with Gasteiger partial charge in [-0.2, -0.15) is 0 Å². The van der Waals surface area contributed by atoms with Crippen molar-refractivity contribution in [3.63, 3.8) is 0 Å². The molecule has 0 fully saturated rings. The summed E-state index contributed by atoms with van der Waals surface area (Å²) >= 11 is 1.33. The maximum atomic E-state index is 11.7. The molecule has 108 valence electrons. The summed E-state index contributed by atoms with van der Waals surface area (Å²) in [5, 5.41) is 13.2. The molecule has 5 nitrogen and oxygen atoms in total. The largest absolute Gasteiger partial charge is 0.480 e. The zero-order valence-electron chi connectivity index (χ0n) is 11.0. The van der Waals surface area contributed by atoms with Crippen LogP contribution in [0.3, 0.4) is 0 Å². The normalized spacial score (nSPS) is 11.6. The number of aliphatic carboxylic acids is 1. The number of carbonyl (C=O) groups excluding carboxylic acids is 2. The maximum Gasteiger partial charge on any atom is 0.326 e. The van der Waals surface area contributed by atoms with E-state index in [1.165, 1.54) is 11.3 Å². The molecule has 1 heterocycles. The molecule has 0 saturated carbocycles. The fourth-order valence-corrected chi connectivity index (χ4v) is 2.29. The predicted octanol–water partition coefficient (Wildman–Crippen LogP) is 2.25. The Kier molecular flexibility index (Phi) is 6.66. The van der Waals surface area contributed by atoms with Crippen LogP contribution >= 0.6 is 11.3 Å². The molecule has 1 rings (SSSR count). The quantitative estimate of drug-likeness (QED) is 0.540. The van der Waals surface area contributed by atoms with Gasteiger partial charge in [0.2, 0.25) is 5.91 Å². The van der Waals surface area contributed by atoms with Gasteiger partial charge in [-0.15, -0.1) is 17.9 Å². The van der Waals surface area contributed by atoms with Crippen molar-refractivity contribution < 1.29 is 19.5 Å². The number of amides is 1. The molecule has 0 aliphatic rings. The minimum atomic E-state index is -1.08. The van der Waals surface area contributed by atoms with E-state index in [2.05, 4.69) is 11.9 Å². The Morgan fingerprint density at radius 3 is 2.70 bits per heavy atom. The number of carbonyl (C=O) groups is 3. The number of allylic oxidation sites excluding steroid dienone is 1. The second kappa shape index (κ2) is 8.27. The van der Waals surface area contributed by atoms with Crippen molar-refractivity contribution in [2.45, 2.75) is 31.7 Å². The van der Waals surface area contributed by atoms with Crippen LogP contribution in [0.25, 0.3) is 0 Å². The van der Waals surface area contributed by atoms with E-state index in [1.807, 2.05) is 0 Å². The van der Waals surface area contributed by atoms with E-state index < -0.39 is 17.9 Å². The topological polar surface area (TPSA) is 83.5 Å². The first-order chi connectivity index (χ1) is 9.54. The second-order valence-electron chi connectivity index (χ2n) is 4.22.